The first-order chi connectivity index (χ1) is 9.24. The molecule has 0 saturated heterocycles. The normalized spacial score (nSPS) is 14.4. The summed E-state index contributed by atoms with van der Waals surface area (Å²) in [5.41, 5.74) is 0.657. The molecule has 98 valence electrons. The summed E-state index contributed by atoms with van der Waals surface area (Å²) in [5, 5.41) is 10.7. The van der Waals surface area contributed by atoms with Crippen molar-refractivity contribution in [3.8, 4) is 0 Å². The fourth-order valence-electron chi connectivity index (χ4n) is 1.73. The molecule has 1 aromatic carbocycles. The number of amides is 1. The molecule has 19 heavy (non-hydrogen) atoms. The van der Waals surface area contributed by atoms with Gasteiger partial charge >= 0.3 is 0 Å². The molecule has 5 nitrogen and oxygen atoms in total. The summed E-state index contributed by atoms with van der Waals surface area (Å²) in [4.78, 5) is 12.0. The zero-order chi connectivity index (χ0) is 13.2. The van der Waals surface area contributed by atoms with Gasteiger partial charge in [0, 0.05) is 9.49 Å². The monoisotopic (exact) mass is 369 g/mol. The fraction of sp³-hybridized carbons (Fsp3) is 0.308. The van der Waals surface area contributed by atoms with Gasteiger partial charge in [-0.15, -0.1) is 10.2 Å². The summed E-state index contributed by atoms with van der Waals surface area (Å²) < 4.78 is 6.40. The van der Waals surface area contributed by atoms with E-state index < -0.39 is 0 Å². The molecule has 3 rings (SSSR count). The summed E-state index contributed by atoms with van der Waals surface area (Å²) >= 11 is 2.14. The number of hydrogen-bond donors (Lipinski definition) is 1. The van der Waals surface area contributed by atoms with Gasteiger partial charge in [-0.1, -0.05) is 12.1 Å². The van der Waals surface area contributed by atoms with E-state index in [-0.39, 0.29) is 12.5 Å². The molecule has 0 atom stereocenters. The van der Waals surface area contributed by atoms with Crippen molar-refractivity contribution in [1.29, 1.82) is 0 Å². The van der Waals surface area contributed by atoms with Crippen LogP contribution in [0.1, 0.15) is 40.9 Å². The highest BCUT2D eigenvalue weighted by molar-refractivity contribution is 14.1. The molecule has 1 aliphatic carbocycles. The molecule has 0 unspecified atom stereocenters. The minimum Gasteiger partial charge on any atom is -0.423 e. The number of nitrogens with one attached hydrogen (secondary N) is 1. The van der Waals surface area contributed by atoms with Crippen LogP contribution in [0, 0.1) is 3.57 Å². The lowest BCUT2D eigenvalue weighted by atomic mass is 10.2. The molecular formula is C13H12IN3O2. The molecule has 1 saturated carbocycles. The Balaban J connectivity index is 1.62. The second kappa shape index (κ2) is 5.28. The van der Waals surface area contributed by atoms with E-state index in [9.17, 15) is 4.79 Å². The number of nitrogens with zero attached hydrogens (tertiary/aromatic N) is 2. The van der Waals surface area contributed by atoms with Crippen LogP contribution in [0.15, 0.2) is 28.7 Å². The fourth-order valence-corrected chi connectivity index (χ4v) is 2.36. The van der Waals surface area contributed by atoms with Crippen molar-refractivity contribution in [2.45, 2.75) is 25.3 Å². The molecule has 1 aromatic heterocycles. The number of hydrogen-bond acceptors (Lipinski definition) is 4. The maximum absolute atomic E-state index is 12.0. The van der Waals surface area contributed by atoms with Crippen LogP contribution in [0.5, 0.6) is 0 Å². The van der Waals surface area contributed by atoms with Crippen molar-refractivity contribution in [2.75, 3.05) is 0 Å². The number of carbonyl (C=O) groups excluding carboxylic acids is 1. The second-order valence-corrected chi connectivity index (χ2v) is 5.63. The molecule has 6 heteroatoms. The highest BCUT2D eigenvalue weighted by Gasteiger charge is 2.29. The smallest absolute Gasteiger partial charge is 0.252 e. The second-order valence-electron chi connectivity index (χ2n) is 4.47. The zero-order valence-corrected chi connectivity index (χ0v) is 12.3. The van der Waals surface area contributed by atoms with Gasteiger partial charge in [-0.3, -0.25) is 4.79 Å². The molecular weight excluding hydrogens is 357 g/mol. The Labute approximate surface area is 123 Å². The molecule has 0 aliphatic heterocycles. The predicted molar refractivity (Wildman–Crippen MR) is 76.6 cm³/mol. The number of rotatable bonds is 4. The van der Waals surface area contributed by atoms with Crippen molar-refractivity contribution in [2.24, 2.45) is 0 Å². The van der Waals surface area contributed by atoms with Gasteiger partial charge in [-0.25, -0.2) is 0 Å². The van der Waals surface area contributed by atoms with Gasteiger partial charge in [0.1, 0.15) is 0 Å². The van der Waals surface area contributed by atoms with Crippen LogP contribution in [-0.4, -0.2) is 16.1 Å². The minimum atomic E-state index is -0.129. The molecule has 0 spiro atoms. The summed E-state index contributed by atoms with van der Waals surface area (Å²) in [5.74, 6) is 1.46. The quantitative estimate of drug-likeness (QED) is 0.841. The highest BCUT2D eigenvalue weighted by Crippen LogP contribution is 2.38. The number of halogens is 1. The van der Waals surface area contributed by atoms with Crippen LogP contribution < -0.4 is 5.32 Å². The average molecular weight is 369 g/mol. The van der Waals surface area contributed by atoms with Crippen molar-refractivity contribution >= 4 is 28.5 Å². The number of carbonyl (C=O) groups is 1. The Hall–Kier alpha value is -1.44. The Kier molecular flexibility index (Phi) is 3.50. The van der Waals surface area contributed by atoms with Crippen molar-refractivity contribution in [3.63, 3.8) is 0 Å². The van der Waals surface area contributed by atoms with Crippen LogP contribution >= 0.6 is 22.6 Å². The van der Waals surface area contributed by atoms with E-state index in [1.165, 1.54) is 0 Å². The zero-order valence-electron chi connectivity index (χ0n) is 10.1. The molecule has 0 bridgehead atoms. The molecule has 0 radical (unpaired) electrons. The van der Waals surface area contributed by atoms with Gasteiger partial charge in [0.15, 0.2) is 0 Å². The summed E-state index contributed by atoms with van der Waals surface area (Å²) in [6.45, 7) is 0.267. The van der Waals surface area contributed by atoms with Crippen LogP contribution in [0.4, 0.5) is 0 Å². The topological polar surface area (TPSA) is 68.0 Å². The lowest BCUT2D eigenvalue weighted by Crippen LogP contribution is -2.23. The first kappa shape index (κ1) is 12.6. The van der Waals surface area contributed by atoms with Crippen molar-refractivity contribution < 1.29 is 9.21 Å². The van der Waals surface area contributed by atoms with E-state index in [2.05, 4.69) is 38.1 Å². The Bertz CT molecular complexity index is 607. The molecule has 1 N–H and O–H groups in total. The van der Waals surface area contributed by atoms with Crippen LogP contribution in [0.25, 0.3) is 0 Å². The Morgan fingerprint density at radius 2 is 2.16 bits per heavy atom. The van der Waals surface area contributed by atoms with E-state index in [0.717, 1.165) is 16.4 Å². The molecule has 1 amide bonds. The van der Waals surface area contributed by atoms with E-state index in [0.29, 0.717) is 23.3 Å². The minimum absolute atomic E-state index is 0.129. The SMILES string of the molecule is O=C(NCc1nnc(C2CC2)o1)c1ccccc1I. The standard InChI is InChI=1S/C13H12IN3O2/c14-10-4-2-1-3-9(10)12(18)15-7-11-16-17-13(19-11)8-5-6-8/h1-4,8H,5-7H2,(H,15,18). The summed E-state index contributed by atoms with van der Waals surface area (Å²) in [6.07, 6.45) is 2.24. The third-order valence-electron chi connectivity index (χ3n) is 2.93. The summed E-state index contributed by atoms with van der Waals surface area (Å²) in [6, 6.07) is 7.43. The van der Waals surface area contributed by atoms with Gasteiger partial charge in [0.2, 0.25) is 11.8 Å². The van der Waals surface area contributed by atoms with E-state index >= 15 is 0 Å². The van der Waals surface area contributed by atoms with Gasteiger partial charge in [0.25, 0.3) is 5.91 Å². The van der Waals surface area contributed by atoms with Gasteiger partial charge in [0.05, 0.1) is 12.1 Å². The maximum atomic E-state index is 12.0. The number of aromatic nitrogens is 2. The summed E-state index contributed by atoms with van der Waals surface area (Å²) in [7, 11) is 0. The third-order valence-corrected chi connectivity index (χ3v) is 3.87. The van der Waals surface area contributed by atoms with Crippen molar-refractivity contribution in [3.05, 3.63) is 45.2 Å². The maximum Gasteiger partial charge on any atom is 0.252 e. The van der Waals surface area contributed by atoms with Gasteiger partial charge < -0.3 is 9.73 Å². The molecule has 2 aromatic rings. The lowest BCUT2D eigenvalue weighted by Gasteiger charge is -2.04. The van der Waals surface area contributed by atoms with Crippen LogP contribution in [0.3, 0.4) is 0 Å². The van der Waals surface area contributed by atoms with Crippen molar-refractivity contribution in [1.82, 2.24) is 15.5 Å². The van der Waals surface area contributed by atoms with E-state index in [1.807, 2.05) is 18.2 Å². The number of benzene rings is 1. The Morgan fingerprint density at radius 3 is 2.89 bits per heavy atom. The molecule has 1 fully saturated rings. The van der Waals surface area contributed by atoms with Gasteiger partial charge in [-0.05, 0) is 47.6 Å². The van der Waals surface area contributed by atoms with Crippen LogP contribution in [-0.2, 0) is 6.54 Å². The first-order valence-corrected chi connectivity index (χ1v) is 7.17. The third kappa shape index (κ3) is 2.94. The van der Waals surface area contributed by atoms with E-state index in [1.54, 1.807) is 6.07 Å². The molecule has 1 aliphatic rings. The first-order valence-electron chi connectivity index (χ1n) is 6.09. The largest absolute Gasteiger partial charge is 0.423 e. The Morgan fingerprint density at radius 1 is 1.37 bits per heavy atom. The average Bonchev–Trinajstić information content (AvgIpc) is 3.16. The predicted octanol–water partition coefficient (Wildman–Crippen LogP) is 2.48. The van der Waals surface area contributed by atoms with Gasteiger partial charge in [-0.2, -0.15) is 0 Å². The highest BCUT2D eigenvalue weighted by atomic mass is 127. The van der Waals surface area contributed by atoms with E-state index in [4.69, 9.17) is 4.42 Å². The van der Waals surface area contributed by atoms with Crippen LogP contribution in [0.2, 0.25) is 0 Å². The lowest BCUT2D eigenvalue weighted by molar-refractivity contribution is 0.0946. The molecule has 1 heterocycles.